The number of carbonyl (C=O) groups is 1. The van der Waals surface area contributed by atoms with Crippen LogP contribution in [-0.4, -0.2) is 18.1 Å². The predicted octanol–water partition coefficient (Wildman–Crippen LogP) is 2.22. The lowest BCUT2D eigenvalue weighted by molar-refractivity contribution is 0.0594. The largest absolute Gasteiger partial charge is 0.464 e. The van der Waals surface area contributed by atoms with Gasteiger partial charge in [-0.05, 0) is 31.0 Å². The number of ether oxygens (including phenoxy) is 1. The summed E-state index contributed by atoms with van der Waals surface area (Å²) in [6.07, 6.45) is 0. The maximum absolute atomic E-state index is 11.5. The van der Waals surface area contributed by atoms with Gasteiger partial charge in [-0.1, -0.05) is 12.1 Å². The molecule has 0 saturated heterocycles. The highest BCUT2D eigenvalue weighted by Crippen LogP contribution is 2.25. The minimum atomic E-state index is -0.473. The van der Waals surface area contributed by atoms with Crippen molar-refractivity contribution in [3.8, 4) is 0 Å². The molecule has 1 aromatic heterocycles. The fraction of sp³-hybridized carbons (Fsp3) is 0.231. The molecular weight excluding hydrogens is 216 g/mol. The van der Waals surface area contributed by atoms with Gasteiger partial charge in [0, 0.05) is 11.1 Å². The number of aryl methyl sites for hydroxylation is 2. The van der Waals surface area contributed by atoms with Gasteiger partial charge < -0.3 is 10.5 Å². The van der Waals surface area contributed by atoms with E-state index in [1.54, 1.807) is 6.07 Å². The van der Waals surface area contributed by atoms with Gasteiger partial charge in [0.1, 0.15) is 0 Å². The third kappa shape index (κ3) is 1.82. The molecule has 0 amide bonds. The summed E-state index contributed by atoms with van der Waals surface area (Å²) < 4.78 is 4.65. The molecule has 0 radical (unpaired) electrons. The van der Waals surface area contributed by atoms with Crippen molar-refractivity contribution in [1.82, 2.24) is 4.98 Å². The second-order valence-corrected chi connectivity index (χ2v) is 3.99. The standard InChI is InChI=1S/C13H14N2O2/c1-7-4-5-9-10(14)6-11(13(16)17-3)15-12(9)8(7)2/h4-6H,1-3H3,(H2,14,15). The number of aromatic nitrogens is 1. The van der Waals surface area contributed by atoms with Crippen LogP contribution >= 0.6 is 0 Å². The SMILES string of the molecule is COC(=O)c1cc(N)c2ccc(C)c(C)c2n1. The van der Waals surface area contributed by atoms with Crippen LogP contribution in [0.5, 0.6) is 0 Å². The van der Waals surface area contributed by atoms with E-state index in [9.17, 15) is 4.79 Å². The van der Waals surface area contributed by atoms with Crippen LogP contribution in [0, 0.1) is 13.8 Å². The van der Waals surface area contributed by atoms with Crippen LogP contribution < -0.4 is 5.73 Å². The van der Waals surface area contributed by atoms with Crippen molar-refractivity contribution in [2.45, 2.75) is 13.8 Å². The molecule has 4 heteroatoms. The number of nitrogens with zero attached hydrogens (tertiary/aromatic N) is 1. The zero-order chi connectivity index (χ0) is 12.6. The molecule has 0 aliphatic carbocycles. The van der Waals surface area contributed by atoms with Gasteiger partial charge in [0.2, 0.25) is 0 Å². The summed E-state index contributed by atoms with van der Waals surface area (Å²) in [5.74, 6) is -0.473. The Bertz CT molecular complexity index is 606. The van der Waals surface area contributed by atoms with Crippen LogP contribution in [-0.2, 0) is 4.74 Å². The van der Waals surface area contributed by atoms with Crippen LogP contribution in [0.15, 0.2) is 18.2 Å². The van der Waals surface area contributed by atoms with E-state index in [-0.39, 0.29) is 5.69 Å². The summed E-state index contributed by atoms with van der Waals surface area (Å²) in [5.41, 5.74) is 9.60. The van der Waals surface area contributed by atoms with Gasteiger partial charge >= 0.3 is 5.97 Å². The van der Waals surface area contributed by atoms with Gasteiger partial charge in [-0.25, -0.2) is 9.78 Å². The smallest absolute Gasteiger partial charge is 0.356 e. The number of methoxy groups -OCH3 is 1. The van der Waals surface area contributed by atoms with E-state index in [2.05, 4.69) is 9.72 Å². The van der Waals surface area contributed by atoms with Crippen LogP contribution in [0.2, 0.25) is 0 Å². The summed E-state index contributed by atoms with van der Waals surface area (Å²) >= 11 is 0. The fourth-order valence-electron chi connectivity index (χ4n) is 1.76. The summed E-state index contributed by atoms with van der Waals surface area (Å²) in [4.78, 5) is 15.8. The van der Waals surface area contributed by atoms with Crippen molar-refractivity contribution in [1.29, 1.82) is 0 Å². The molecule has 0 aliphatic heterocycles. The summed E-state index contributed by atoms with van der Waals surface area (Å²) in [7, 11) is 1.33. The topological polar surface area (TPSA) is 65.2 Å². The van der Waals surface area contributed by atoms with Crippen molar-refractivity contribution in [3.63, 3.8) is 0 Å². The lowest BCUT2D eigenvalue weighted by Gasteiger charge is -2.09. The predicted molar refractivity (Wildman–Crippen MR) is 67.0 cm³/mol. The third-order valence-electron chi connectivity index (χ3n) is 2.93. The van der Waals surface area contributed by atoms with Gasteiger partial charge in [-0.3, -0.25) is 0 Å². The molecule has 0 atom stereocenters. The van der Waals surface area contributed by atoms with Crippen LogP contribution in [0.25, 0.3) is 10.9 Å². The van der Waals surface area contributed by atoms with E-state index in [0.717, 1.165) is 22.0 Å². The molecule has 0 bridgehead atoms. The Morgan fingerprint density at radius 3 is 2.71 bits per heavy atom. The first-order valence-corrected chi connectivity index (χ1v) is 5.29. The summed E-state index contributed by atoms with van der Waals surface area (Å²) in [6, 6.07) is 5.46. The minimum Gasteiger partial charge on any atom is -0.464 e. The van der Waals surface area contributed by atoms with E-state index >= 15 is 0 Å². The maximum Gasteiger partial charge on any atom is 0.356 e. The zero-order valence-corrected chi connectivity index (χ0v) is 10.1. The molecule has 1 aromatic carbocycles. The zero-order valence-electron chi connectivity index (χ0n) is 10.1. The number of hydrogen-bond acceptors (Lipinski definition) is 4. The molecule has 4 nitrogen and oxygen atoms in total. The maximum atomic E-state index is 11.5. The molecule has 2 rings (SSSR count). The Kier molecular flexibility index (Phi) is 2.71. The quantitative estimate of drug-likeness (QED) is 0.763. The molecule has 2 aromatic rings. The Morgan fingerprint density at radius 1 is 1.35 bits per heavy atom. The average molecular weight is 230 g/mol. The van der Waals surface area contributed by atoms with Gasteiger partial charge in [0.05, 0.1) is 12.6 Å². The Balaban J connectivity index is 2.79. The lowest BCUT2D eigenvalue weighted by atomic mass is 10.0. The molecule has 17 heavy (non-hydrogen) atoms. The van der Waals surface area contributed by atoms with Gasteiger partial charge in [0.25, 0.3) is 0 Å². The molecule has 1 heterocycles. The summed E-state index contributed by atoms with van der Waals surface area (Å²) in [5, 5.41) is 0.862. The number of pyridine rings is 1. The number of hydrogen-bond donors (Lipinski definition) is 1. The van der Waals surface area contributed by atoms with E-state index in [4.69, 9.17) is 5.73 Å². The monoisotopic (exact) mass is 230 g/mol. The first-order chi connectivity index (χ1) is 8.04. The first kappa shape index (κ1) is 11.4. The Hall–Kier alpha value is -2.10. The number of nitrogens with two attached hydrogens (primary N) is 1. The van der Waals surface area contributed by atoms with Crippen LogP contribution in [0.1, 0.15) is 21.6 Å². The third-order valence-corrected chi connectivity index (χ3v) is 2.93. The normalized spacial score (nSPS) is 10.5. The molecule has 0 unspecified atom stereocenters. The number of anilines is 1. The second kappa shape index (κ2) is 4.05. The number of esters is 1. The number of fused-ring (bicyclic) bond motifs is 1. The van der Waals surface area contributed by atoms with Crippen LogP contribution in [0.3, 0.4) is 0 Å². The van der Waals surface area contributed by atoms with Crippen molar-refractivity contribution >= 4 is 22.6 Å². The molecule has 0 aliphatic rings. The number of nitrogen functional groups attached to an aromatic ring is 1. The minimum absolute atomic E-state index is 0.242. The highest BCUT2D eigenvalue weighted by Gasteiger charge is 2.12. The van der Waals surface area contributed by atoms with E-state index in [1.807, 2.05) is 26.0 Å². The van der Waals surface area contributed by atoms with Gasteiger partial charge in [-0.15, -0.1) is 0 Å². The molecule has 0 saturated carbocycles. The highest BCUT2D eigenvalue weighted by molar-refractivity contribution is 5.98. The van der Waals surface area contributed by atoms with Crippen molar-refractivity contribution < 1.29 is 9.53 Å². The Morgan fingerprint density at radius 2 is 2.06 bits per heavy atom. The number of benzene rings is 1. The molecule has 0 fully saturated rings. The number of rotatable bonds is 1. The highest BCUT2D eigenvalue weighted by atomic mass is 16.5. The molecular formula is C13H14N2O2. The second-order valence-electron chi connectivity index (χ2n) is 3.99. The Labute approximate surface area is 99.4 Å². The van der Waals surface area contributed by atoms with E-state index < -0.39 is 5.97 Å². The van der Waals surface area contributed by atoms with E-state index in [1.165, 1.54) is 7.11 Å². The van der Waals surface area contributed by atoms with Crippen molar-refractivity contribution in [3.05, 3.63) is 35.0 Å². The van der Waals surface area contributed by atoms with Crippen molar-refractivity contribution in [2.24, 2.45) is 0 Å². The van der Waals surface area contributed by atoms with E-state index in [0.29, 0.717) is 5.69 Å². The molecule has 0 spiro atoms. The number of carbonyl (C=O) groups excluding carboxylic acids is 1. The fourth-order valence-corrected chi connectivity index (χ4v) is 1.76. The first-order valence-electron chi connectivity index (χ1n) is 5.29. The molecule has 88 valence electrons. The summed E-state index contributed by atoms with van der Waals surface area (Å²) in [6.45, 7) is 3.96. The van der Waals surface area contributed by atoms with Gasteiger partial charge in [-0.2, -0.15) is 0 Å². The van der Waals surface area contributed by atoms with Crippen LogP contribution in [0.4, 0.5) is 5.69 Å². The van der Waals surface area contributed by atoms with Gasteiger partial charge in [0.15, 0.2) is 5.69 Å². The lowest BCUT2D eigenvalue weighted by Crippen LogP contribution is -2.06. The van der Waals surface area contributed by atoms with Crippen molar-refractivity contribution in [2.75, 3.05) is 12.8 Å². The molecule has 2 N–H and O–H groups in total. The average Bonchev–Trinajstić information content (AvgIpc) is 2.33.